The van der Waals surface area contributed by atoms with Crippen LogP contribution < -0.4 is 5.32 Å². The molecule has 0 aromatic heterocycles. The lowest BCUT2D eigenvalue weighted by atomic mass is 9.98. The van der Waals surface area contributed by atoms with E-state index in [1.54, 1.807) is 0 Å². The first kappa shape index (κ1) is 12.8. The van der Waals surface area contributed by atoms with Gasteiger partial charge in [0.05, 0.1) is 0 Å². The summed E-state index contributed by atoms with van der Waals surface area (Å²) < 4.78 is 0. The highest BCUT2D eigenvalue weighted by molar-refractivity contribution is 5.76. The van der Waals surface area contributed by atoms with Gasteiger partial charge in [0.15, 0.2) is 0 Å². The molecule has 1 atom stereocenters. The quantitative estimate of drug-likeness (QED) is 0.760. The first-order valence-electron chi connectivity index (χ1n) is 6.89. The van der Waals surface area contributed by atoms with Gasteiger partial charge >= 0.3 is 0 Å². The van der Waals surface area contributed by atoms with E-state index < -0.39 is 0 Å². The fourth-order valence-electron chi connectivity index (χ4n) is 2.83. The second kappa shape index (κ2) is 5.83. The lowest BCUT2D eigenvalue weighted by Gasteiger charge is -2.31. The van der Waals surface area contributed by atoms with Crippen molar-refractivity contribution in [3.05, 3.63) is 0 Å². The van der Waals surface area contributed by atoms with Gasteiger partial charge in [-0.1, -0.05) is 6.92 Å². The number of rotatable bonds is 5. The number of nitrogens with one attached hydrogen (secondary N) is 1. The SMILES string of the molecule is CCN1CCCC1CN(C)C(=O)CC1CNC1. The number of amides is 1. The molecular weight excluding hydrogens is 214 g/mol. The average molecular weight is 239 g/mol. The van der Waals surface area contributed by atoms with Crippen molar-refractivity contribution >= 4 is 5.91 Å². The third-order valence-electron chi connectivity index (χ3n) is 4.14. The molecule has 0 aromatic carbocycles. The first-order chi connectivity index (χ1) is 8.20. The van der Waals surface area contributed by atoms with Gasteiger partial charge in [-0.15, -0.1) is 0 Å². The van der Waals surface area contributed by atoms with Crippen molar-refractivity contribution in [2.24, 2.45) is 5.92 Å². The zero-order valence-corrected chi connectivity index (χ0v) is 11.1. The zero-order chi connectivity index (χ0) is 12.3. The van der Waals surface area contributed by atoms with E-state index >= 15 is 0 Å². The molecular formula is C13H25N3O. The lowest BCUT2D eigenvalue weighted by Crippen LogP contribution is -2.46. The highest BCUT2D eigenvalue weighted by Gasteiger charge is 2.27. The molecule has 98 valence electrons. The summed E-state index contributed by atoms with van der Waals surface area (Å²) in [6.45, 7) is 7.47. The van der Waals surface area contributed by atoms with E-state index in [1.807, 2.05) is 11.9 Å². The van der Waals surface area contributed by atoms with Crippen LogP contribution in [0.4, 0.5) is 0 Å². The van der Waals surface area contributed by atoms with Gasteiger partial charge in [-0.25, -0.2) is 0 Å². The van der Waals surface area contributed by atoms with Crippen LogP contribution in [0.1, 0.15) is 26.2 Å². The molecule has 17 heavy (non-hydrogen) atoms. The Bertz CT molecular complexity index is 265. The van der Waals surface area contributed by atoms with Crippen LogP contribution in [0.5, 0.6) is 0 Å². The molecule has 2 heterocycles. The lowest BCUT2D eigenvalue weighted by molar-refractivity contribution is -0.131. The zero-order valence-electron chi connectivity index (χ0n) is 11.1. The van der Waals surface area contributed by atoms with E-state index in [0.29, 0.717) is 17.9 Å². The summed E-state index contributed by atoms with van der Waals surface area (Å²) in [7, 11) is 1.96. The normalized spacial score (nSPS) is 25.9. The molecule has 4 nitrogen and oxygen atoms in total. The number of hydrogen-bond acceptors (Lipinski definition) is 3. The predicted octanol–water partition coefficient (Wildman–Crippen LogP) is 0.539. The number of likely N-dealkylation sites (tertiary alicyclic amines) is 1. The van der Waals surface area contributed by atoms with Gasteiger partial charge in [-0.2, -0.15) is 0 Å². The third kappa shape index (κ3) is 3.19. The van der Waals surface area contributed by atoms with E-state index in [2.05, 4.69) is 17.1 Å². The molecule has 2 rings (SSSR count). The number of carbonyl (C=O) groups excluding carboxylic acids is 1. The van der Waals surface area contributed by atoms with Crippen molar-refractivity contribution in [2.75, 3.05) is 39.8 Å². The molecule has 0 spiro atoms. The highest BCUT2D eigenvalue weighted by Crippen LogP contribution is 2.18. The molecule has 0 radical (unpaired) electrons. The van der Waals surface area contributed by atoms with Crippen LogP contribution >= 0.6 is 0 Å². The Morgan fingerprint density at radius 1 is 1.47 bits per heavy atom. The predicted molar refractivity (Wildman–Crippen MR) is 68.9 cm³/mol. The summed E-state index contributed by atoms with van der Waals surface area (Å²) in [5.41, 5.74) is 0. The minimum Gasteiger partial charge on any atom is -0.344 e. The van der Waals surface area contributed by atoms with E-state index in [0.717, 1.165) is 32.6 Å². The molecule has 0 saturated carbocycles. The maximum Gasteiger partial charge on any atom is 0.222 e. The molecule has 4 heteroatoms. The summed E-state index contributed by atoms with van der Waals surface area (Å²) in [6.07, 6.45) is 3.26. The summed E-state index contributed by atoms with van der Waals surface area (Å²) in [6, 6.07) is 0.591. The van der Waals surface area contributed by atoms with Gasteiger partial charge in [0.1, 0.15) is 0 Å². The van der Waals surface area contributed by atoms with Crippen LogP contribution in [0.2, 0.25) is 0 Å². The summed E-state index contributed by atoms with van der Waals surface area (Å²) in [5.74, 6) is 0.898. The first-order valence-corrected chi connectivity index (χ1v) is 6.89. The second-order valence-electron chi connectivity index (χ2n) is 5.43. The van der Waals surface area contributed by atoms with Crippen LogP contribution in [-0.4, -0.2) is 61.5 Å². The monoisotopic (exact) mass is 239 g/mol. The molecule has 0 aromatic rings. The Balaban J connectivity index is 1.74. The van der Waals surface area contributed by atoms with E-state index in [-0.39, 0.29) is 0 Å². The van der Waals surface area contributed by atoms with E-state index in [9.17, 15) is 4.79 Å². The van der Waals surface area contributed by atoms with Crippen LogP contribution in [0.15, 0.2) is 0 Å². The van der Waals surface area contributed by atoms with Gasteiger partial charge in [0.2, 0.25) is 5.91 Å². The van der Waals surface area contributed by atoms with Crippen molar-refractivity contribution in [2.45, 2.75) is 32.2 Å². The maximum atomic E-state index is 12.0. The molecule has 1 unspecified atom stereocenters. The van der Waals surface area contributed by atoms with E-state index in [1.165, 1.54) is 19.4 Å². The van der Waals surface area contributed by atoms with Crippen molar-refractivity contribution < 1.29 is 4.79 Å². The largest absolute Gasteiger partial charge is 0.344 e. The highest BCUT2D eigenvalue weighted by atomic mass is 16.2. The van der Waals surface area contributed by atoms with Crippen LogP contribution in [0.3, 0.4) is 0 Å². The van der Waals surface area contributed by atoms with Gasteiger partial charge in [-0.3, -0.25) is 9.69 Å². The molecule has 1 amide bonds. The second-order valence-corrected chi connectivity index (χ2v) is 5.43. The summed E-state index contributed by atoms with van der Waals surface area (Å²) in [4.78, 5) is 16.4. The Morgan fingerprint density at radius 2 is 2.24 bits per heavy atom. The molecule has 2 saturated heterocycles. The number of hydrogen-bond donors (Lipinski definition) is 1. The molecule has 1 N–H and O–H groups in total. The van der Waals surface area contributed by atoms with Crippen molar-refractivity contribution in [1.82, 2.24) is 15.1 Å². The van der Waals surface area contributed by atoms with Gasteiger partial charge in [0.25, 0.3) is 0 Å². The van der Waals surface area contributed by atoms with Crippen molar-refractivity contribution in [1.29, 1.82) is 0 Å². The molecule has 2 aliphatic heterocycles. The van der Waals surface area contributed by atoms with Crippen molar-refractivity contribution in [3.8, 4) is 0 Å². The fourth-order valence-corrected chi connectivity index (χ4v) is 2.83. The fraction of sp³-hybridized carbons (Fsp3) is 0.923. The number of carbonyl (C=O) groups is 1. The molecule has 2 aliphatic rings. The Hall–Kier alpha value is -0.610. The summed E-state index contributed by atoms with van der Waals surface area (Å²) in [5, 5.41) is 3.22. The average Bonchev–Trinajstić information content (AvgIpc) is 2.70. The van der Waals surface area contributed by atoms with Gasteiger partial charge in [0, 0.05) is 26.1 Å². The Kier molecular flexibility index (Phi) is 4.40. The molecule has 0 bridgehead atoms. The number of nitrogens with zero attached hydrogens (tertiary/aromatic N) is 2. The van der Waals surface area contributed by atoms with Crippen LogP contribution in [0.25, 0.3) is 0 Å². The number of likely N-dealkylation sites (N-methyl/N-ethyl adjacent to an activating group) is 2. The Labute approximate surface area is 104 Å². The maximum absolute atomic E-state index is 12.0. The van der Waals surface area contributed by atoms with E-state index in [4.69, 9.17) is 0 Å². The third-order valence-corrected chi connectivity index (χ3v) is 4.14. The topological polar surface area (TPSA) is 35.6 Å². The standard InChI is InChI=1S/C13H25N3O/c1-3-16-6-4-5-12(16)10-15(2)13(17)7-11-8-14-9-11/h11-12,14H,3-10H2,1-2H3. The Morgan fingerprint density at radius 3 is 2.82 bits per heavy atom. The van der Waals surface area contributed by atoms with Crippen LogP contribution in [-0.2, 0) is 4.79 Å². The van der Waals surface area contributed by atoms with Crippen LogP contribution in [0, 0.1) is 5.92 Å². The summed E-state index contributed by atoms with van der Waals surface area (Å²) >= 11 is 0. The van der Waals surface area contributed by atoms with Gasteiger partial charge < -0.3 is 10.2 Å². The molecule has 0 aliphatic carbocycles. The minimum absolute atomic E-state index is 0.319. The minimum atomic E-state index is 0.319. The van der Waals surface area contributed by atoms with Crippen molar-refractivity contribution in [3.63, 3.8) is 0 Å². The van der Waals surface area contributed by atoms with Gasteiger partial charge in [-0.05, 0) is 44.9 Å². The molecule has 2 fully saturated rings. The smallest absolute Gasteiger partial charge is 0.222 e.